The maximum Gasteiger partial charge on any atom is 0.111 e. The van der Waals surface area contributed by atoms with E-state index in [1.807, 2.05) is 12.5 Å². The molecule has 102 valence electrons. The molecule has 0 aliphatic carbocycles. The third kappa shape index (κ3) is 3.80. The second-order valence-corrected chi connectivity index (χ2v) is 4.63. The average Bonchev–Trinajstić information content (AvgIpc) is 2.88. The zero-order valence-electron chi connectivity index (χ0n) is 11.1. The highest BCUT2D eigenvalue weighted by Crippen LogP contribution is 2.18. The number of rotatable bonds is 7. The summed E-state index contributed by atoms with van der Waals surface area (Å²) in [6.45, 7) is 4.48. The Hall–Kier alpha value is -0.910. The molecule has 1 atom stereocenters. The summed E-state index contributed by atoms with van der Waals surface area (Å²) in [6, 6.07) is 0. The minimum absolute atomic E-state index is 0.153. The van der Waals surface area contributed by atoms with E-state index in [4.69, 9.17) is 9.47 Å². The fraction of sp³-hybridized carbons (Fsp3) is 0.769. The SMILES string of the molecule is COCCCCCn1cncc1C1CNCCO1. The normalized spacial score (nSPS) is 20.2. The van der Waals surface area contributed by atoms with Crippen LogP contribution in [0.4, 0.5) is 0 Å². The van der Waals surface area contributed by atoms with E-state index in [0.29, 0.717) is 0 Å². The molecule has 1 aliphatic heterocycles. The number of unbranched alkanes of at least 4 members (excludes halogenated alkanes) is 2. The molecule has 5 heteroatoms. The lowest BCUT2D eigenvalue weighted by atomic mass is 10.2. The van der Waals surface area contributed by atoms with Crippen LogP contribution in [0.5, 0.6) is 0 Å². The molecule has 1 aromatic rings. The van der Waals surface area contributed by atoms with Gasteiger partial charge in [-0.05, 0) is 19.3 Å². The Labute approximate surface area is 108 Å². The maximum atomic E-state index is 5.76. The van der Waals surface area contributed by atoms with E-state index in [9.17, 15) is 0 Å². The Balaban J connectivity index is 1.79. The summed E-state index contributed by atoms with van der Waals surface area (Å²) in [4.78, 5) is 4.24. The van der Waals surface area contributed by atoms with Gasteiger partial charge in [0.2, 0.25) is 0 Å². The van der Waals surface area contributed by atoms with E-state index in [1.165, 1.54) is 12.1 Å². The number of aromatic nitrogens is 2. The second-order valence-electron chi connectivity index (χ2n) is 4.63. The van der Waals surface area contributed by atoms with Crippen molar-refractivity contribution in [2.45, 2.75) is 31.9 Å². The van der Waals surface area contributed by atoms with Gasteiger partial charge in [-0.25, -0.2) is 4.98 Å². The van der Waals surface area contributed by atoms with Crippen LogP contribution < -0.4 is 5.32 Å². The van der Waals surface area contributed by atoms with Crippen molar-refractivity contribution in [3.63, 3.8) is 0 Å². The third-order valence-corrected chi connectivity index (χ3v) is 3.25. The van der Waals surface area contributed by atoms with Gasteiger partial charge in [-0.2, -0.15) is 0 Å². The molecule has 18 heavy (non-hydrogen) atoms. The summed E-state index contributed by atoms with van der Waals surface area (Å²) in [5.74, 6) is 0. The Morgan fingerprint density at radius 3 is 3.22 bits per heavy atom. The van der Waals surface area contributed by atoms with E-state index in [2.05, 4.69) is 14.9 Å². The summed E-state index contributed by atoms with van der Waals surface area (Å²) in [6.07, 6.45) is 7.46. The minimum atomic E-state index is 0.153. The first kappa shape index (κ1) is 13.5. The van der Waals surface area contributed by atoms with Crippen molar-refractivity contribution in [1.82, 2.24) is 14.9 Å². The number of imidazole rings is 1. The summed E-state index contributed by atoms with van der Waals surface area (Å²) >= 11 is 0. The smallest absolute Gasteiger partial charge is 0.111 e. The summed E-state index contributed by atoms with van der Waals surface area (Å²) in [7, 11) is 1.75. The molecule has 0 saturated carbocycles. The van der Waals surface area contributed by atoms with E-state index < -0.39 is 0 Å². The number of methoxy groups -OCH3 is 1. The highest BCUT2D eigenvalue weighted by molar-refractivity contribution is 5.04. The minimum Gasteiger partial charge on any atom is -0.385 e. The molecule has 1 N–H and O–H groups in total. The topological polar surface area (TPSA) is 48.3 Å². The van der Waals surface area contributed by atoms with Gasteiger partial charge in [0.25, 0.3) is 0 Å². The highest BCUT2D eigenvalue weighted by Gasteiger charge is 2.19. The first-order valence-electron chi connectivity index (χ1n) is 6.73. The van der Waals surface area contributed by atoms with Crippen LogP contribution in [-0.2, 0) is 16.0 Å². The van der Waals surface area contributed by atoms with Crippen molar-refractivity contribution >= 4 is 0 Å². The molecule has 2 heterocycles. The molecule has 5 nitrogen and oxygen atoms in total. The van der Waals surface area contributed by atoms with Gasteiger partial charge in [-0.1, -0.05) is 0 Å². The highest BCUT2D eigenvalue weighted by atomic mass is 16.5. The molecule has 1 aromatic heterocycles. The molecular formula is C13H23N3O2. The number of morpholine rings is 1. The monoisotopic (exact) mass is 253 g/mol. The predicted octanol–water partition coefficient (Wildman–Crippen LogP) is 1.36. The fourth-order valence-electron chi connectivity index (χ4n) is 2.25. The molecule has 1 unspecified atom stereocenters. The largest absolute Gasteiger partial charge is 0.385 e. The Morgan fingerprint density at radius 2 is 2.44 bits per heavy atom. The number of hydrogen-bond donors (Lipinski definition) is 1. The quantitative estimate of drug-likeness (QED) is 0.745. The Morgan fingerprint density at radius 1 is 1.50 bits per heavy atom. The standard InChI is InChI=1S/C13H23N3O2/c1-17-7-4-2-3-6-16-11-15-9-12(16)13-10-14-5-8-18-13/h9,11,13-14H,2-8,10H2,1H3. The van der Waals surface area contributed by atoms with Gasteiger partial charge in [0, 0.05) is 33.4 Å². The number of nitrogens with zero attached hydrogens (tertiary/aromatic N) is 2. The lowest BCUT2D eigenvalue weighted by molar-refractivity contribution is 0.0227. The molecule has 2 rings (SSSR count). The van der Waals surface area contributed by atoms with Crippen LogP contribution in [0.15, 0.2) is 12.5 Å². The zero-order chi connectivity index (χ0) is 12.6. The second kappa shape index (κ2) is 7.51. The summed E-state index contributed by atoms with van der Waals surface area (Å²) in [5.41, 5.74) is 1.19. The van der Waals surface area contributed by atoms with Gasteiger partial charge in [-0.3, -0.25) is 0 Å². The summed E-state index contributed by atoms with van der Waals surface area (Å²) < 4.78 is 13.0. The number of hydrogen-bond acceptors (Lipinski definition) is 4. The lowest BCUT2D eigenvalue weighted by Crippen LogP contribution is -2.34. The molecule has 0 spiro atoms. The van der Waals surface area contributed by atoms with Crippen LogP contribution in [0.1, 0.15) is 31.1 Å². The van der Waals surface area contributed by atoms with Crippen LogP contribution in [0, 0.1) is 0 Å². The molecule has 0 aromatic carbocycles. The Bertz CT molecular complexity index is 335. The first-order valence-corrected chi connectivity index (χ1v) is 6.73. The maximum absolute atomic E-state index is 5.76. The lowest BCUT2D eigenvalue weighted by Gasteiger charge is -2.24. The fourth-order valence-corrected chi connectivity index (χ4v) is 2.25. The molecule has 0 amide bonds. The van der Waals surface area contributed by atoms with Gasteiger partial charge >= 0.3 is 0 Å². The van der Waals surface area contributed by atoms with E-state index in [0.717, 1.165) is 45.7 Å². The van der Waals surface area contributed by atoms with Crippen molar-refractivity contribution in [3.8, 4) is 0 Å². The first-order chi connectivity index (χ1) is 8.92. The van der Waals surface area contributed by atoms with Gasteiger partial charge in [0.05, 0.1) is 24.8 Å². The van der Waals surface area contributed by atoms with Crippen LogP contribution in [-0.4, -0.2) is 43.0 Å². The van der Waals surface area contributed by atoms with E-state index in [-0.39, 0.29) is 6.10 Å². The molecule has 1 saturated heterocycles. The van der Waals surface area contributed by atoms with Gasteiger partial charge < -0.3 is 19.4 Å². The molecule has 0 radical (unpaired) electrons. The summed E-state index contributed by atoms with van der Waals surface area (Å²) in [5, 5.41) is 3.35. The molecule has 0 bridgehead atoms. The molecular weight excluding hydrogens is 230 g/mol. The van der Waals surface area contributed by atoms with Crippen molar-refractivity contribution in [2.75, 3.05) is 33.4 Å². The van der Waals surface area contributed by atoms with Crippen LogP contribution in [0.25, 0.3) is 0 Å². The van der Waals surface area contributed by atoms with Crippen molar-refractivity contribution in [1.29, 1.82) is 0 Å². The van der Waals surface area contributed by atoms with Crippen molar-refractivity contribution < 1.29 is 9.47 Å². The van der Waals surface area contributed by atoms with Gasteiger partial charge in [-0.15, -0.1) is 0 Å². The zero-order valence-corrected chi connectivity index (χ0v) is 11.1. The van der Waals surface area contributed by atoms with Crippen molar-refractivity contribution in [2.24, 2.45) is 0 Å². The number of aryl methyl sites for hydroxylation is 1. The van der Waals surface area contributed by atoms with Crippen LogP contribution in [0.3, 0.4) is 0 Å². The molecule has 1 fully saturated rings. The van der Waals surface area contributed by atoms with Gasteiger partial charge in [0.15, 0.2) is 0 Å². The van der Waals surface area contributed by atoms with Gasteiger partial charge in [0.1, 0.15) is 6.10 Å². The van der Waals surface area contributed by atoms with Crippen LogP contribution >= 0.6 is 0 Å². The Kier molecular flexibility index (Phi) is 5.64. The predicted molar refractivity (Wildman–Crippen MR) is 69.5 cm³/mol. The van der Waals surface area contributed by atoms with E-state index in [1.54, 1.807) is 7.11 Å². The van der Waals surface area contributed by atoms with E-state index >= 15 is 0 Å². The van der Waals surface area contributed by atoms with Crippen molar-refractivity contribution in [3.05, 3.63) is 18.2 Å². The van der Waals surface area contributed by atoms with Crippen LogP contribution in [0.2, 0.25) is 0 Å². The molecule has 1 aliphatic rings. The number of ether oxygens (including phenoxy) is 2. The average molecular weight is 253 g/mol. The number of nitrogens with one attached hydrogen (secondary N) is 1. The third-order valence-electron chi connectivity index (χ3n) is 3.25.